The minimum absolute atomic E-state index is 0.389. The number of nitrogens with one attached hydrogen (secondary N) is 1. The molecule has 0 bridgehead atoms. The lowest BCUT2D eigenvalue weighted by Crippen LogP contribution is -2.24. The zero-order valence-electron chi connectivity index (χ0n) is 14.5. The molecule has 4 nitrogen and oxygen atoms in total. The van der Waals surface area contributed by atoms with Crippen LogP contribution in [0.25, 0.3) is 0 Å². The van der Waals surface area contributed by atoms with Gasteiger partial charge in [0, 0.05) is 0 Å². The summed E-state index contributed by atoms with van der Waals surface area (Å²) in [7, 11) is 0. The number of hydrogen-bond acceptors (Lipinski definition) is 3. The average molecular weight is 380 g/mol. The highest BCUT2D eigenvalue weighted by molar-refractivity contribution is 6.33. The Morgan fingerprint density at radius 2 is 1.33 bits per heavy atom. The van der Waals surface area contributed by atoms with Gasteiger partial charge in [0.1, 0.15) is 5.92 Å². The molecule has 0 aliphatic heterocycles. The van der Waals surface area contributed by atoms with Gasteiger partial charge in [-0.05, 0) is 23.3 Å². The molecule has 0 fully saturated rings. The summed E-state index contributed by atoms with van der Waals surface area (Å²) in [6.07, 6.45) is 0. The Kier molecular flexibility index (Phi) is 6.23. The van der Waals surface area contributed by atoms with E-state index in [1.165, 1.54) is 0 Å². The minimum Gasteiger partial charge on any atom is -0.455 e. The topological polar surface area (TPSA) is 55.4 Å². The van der Waals surface area contributed by atoms with Crippen LogP contribution < -0.4 is 5.32 Å². The van der Waals surface area contributed by atoms with Crippen LogP contribution in [-0.4, -0.2) is 18.5 Å². The van der Waals surface area contributed by atoms with Crippen molar-refractivity contribution in [3.8, 4) is 0 Å². The van der Waals surface area contributed by atoms with Gasteiger partial charge in [-0.25, -0.2) is 0 Å². The maximum atomic E-state index is 12.7. The lowest BCUT2D eigenvalue weighted by Gasteiger charge is -2.17. The maximum Gasteiger partial charge on any atom is 0.318 e. The number of para-hydroxylation sites is 1. The first kappa shape index (κ1) is 18.7. The van der Waals surface area contributed by atoms with Crippen LogP contribution in [0.1, 0.15) is 17.0 Å². The quantitative estimate of drug-likeness (QED) is 0.634. The van der Waals surface area contributed by atoms with Gasteiger partial charge >= 0.3 is 5.97 Å². The van der Waals surface area contributed by atoms with Gasteiger partial charge in [-0.15, -0.1) is 0 Å². The SMILES string of the molecule is O=C(COC(=O)C(c1ccccc1)c1ccccc1)Nc1ccccc1Cl. The van der Waals surface area contributed by atoms with E-state index >= 15 is 0 Å². The third kappa shape index (κ3) is 4.96. The molecule has 136 valence electrons. The van der Waals surface area contributed by atoms with Gasteiger partial charge in [0.05, 0.1) is 10.7 Å². The molecule has 0 aliphatic rings. The van der Waals surface area contributed by atoms with Crippen molar-refractivity contribution in [2.45, 2.75) is 5.92 Å². The summed E-state index contributed by atoms with van der Waals surface area (Å²) >= 11 is 6.02. The van der Waals surface area contributed by atoms with Gasteiger partial charge in [-0.3, -0.25) is 9.59 Å². The zero-order valence-corrected chi connectivity index (χ0v) is 15.2. The molecule has 0 spiro atoms. The summed E-state index contributed by atoms with van der Waals surface area (Å²) in [5.74, 6) is -1.53. The largest absolute Gasteiger partial charge is 0.455 e. The number of anilines is 1. The smallest absolute Gasteiger partial charge is 0.318 e. The van der Waals surface area contributed by atoms with Crippen molar-refractivity contribution in [2.75, 3.05) is 11.9 Å². The average Bonchev–Trinajstić information content (AvgIpc) is 2.70. The van der Waals surface area contributed by atoms with Crippen LogP contribution in [0.4, 0.5) is 5.69 Å². The number of benzene rings is 3. The lowest BCUT2D eigenvalue weighted by atomic mass is 9.91. The number of rotatable bonds is 6. The molecule has 3 aromatic carbocycles. The Labute approximate surface area is 162 Å². The summed E-state index contributed by atoms with van der Waals surface area (Å²) in [5, 5.41) is 3.06. The van der Waals surface area contributed by atoms with Crippen LogP contribution in [0.15, 0.2) is 84.9 Å². The van der Waals surface area contributed by atoms with Crippen molar-refractivity contribution in [1.82, 2.24) is 0 Å². The summed E-state index contributed by atoms with van der Waals surface area (Å²) in [5.41, 5.74) is 2.09. The number of esters is 1. The van der Waals surface area contributed by atoms with Crippen LogP contribution in [0, 0.1) is 0 Å². The van der Waals surface area contributed by atoms with Crippen molar-refractivity contribution in [2.24, 2.45) is 0 Å². The number of carbonyl (C=O) groups is 2. The van der Waals surface area contributed by atoms with Crippen LogP contribution in [-0.2, 0) is 14.3 Å². The fraction of sp³-hybridized carbons (Fsp3) is 0.0909. The molecule has 0 saturated heterocycles. The molecular weight excluding hydrogens is 362 g/mol. The molecule has 3 aromatic rings. The summed E-state index contributed by atoms with van der Waals surface area (Å²) in [6, 6.07) is 25.6. The second kappa shape index (κ2) is 9.01. The monoisotopic (exact) mass is 379 g/mol. The van der Waals surface area contributed by atoms with E-state index in [4.69, 9.17) is 16.3 Å². The molecule has 0 heterocycles. The highest BCUT2D eigenvalue weighted by atomic mass is 35.5. The van der Waals surface area contributed by atoms with E-state index in [0.717, 1.165) is 11.1 Å². The third-order valence-electron chi connectivity index (χ3n) is 3.99. The first-order chi connectivity index (χ1) is 13.1. The second-order valence-electron chi connectivity index (χ2n) is 5.89. The van der Waals surface area contributed by atoms with Gasteiger partial charge < -0.3 is 10.1 Å². The van der Waals surface area contributed by atoms with Crippen LogP contribution in [0.2, 0.25) is 5.02 Å². The number of carbonyl (C=O) groups excluding carboxylic acids is 2. The predicted molar refractivity (Wildman–Crippen MR) is 106 cm³/mol. The van der Waals surface area contributed by atoms with Gasteiger partial charge in [-0.1, -0.05) is 84.4 Å². The molecule has 0 radical (unpaired) electrons. The fourth-order valence-electron chi connectivity index (χ4n) is 2.72. The molecule has 0 saturated carbocycles. The van der Waals surface area contributed by atoms with E-state index in [9.17, 15) is 9.59 Å². The lowest BCUT2D eigenvalue weighted by molar-refractivity contribution is -0.147. The molecule has 1 N–H and O–H groups in total. The molecule has 0 atom stereocenters. The van der Waals surface area contributed by atoms with E-state index in [-0.39, 0.29) is 6.61 Å². The standard InChI is InChI=1S/C22H18ClNO3/c23-18-13-7-8-14-19(18)24-20(25)15-27-22(26)21(16-9-3-1-4-10-16)17-11-5-2-6-12-17/h1-14,21H,15H2,(H,24,25). The highest BCUT2D eigenvalue weighted by Gasteiger charge is 2.24. The van der Waals surface area contributed by atoms with Crippen molar-refractivity contribution in [3.63, 3.8) is 0 Å². The van der Waals surface area contributed by atoms with E-state index in [1.54, 1.807) is 24.3 Å². The molecule has 5 heteroatoms. The highest BCUT2D eigenvalue weighted by Crippen LogP contribution is 2.26. The first-order valence-electron chi connectivity index (χ1n) is 8.46. The fourth-order valence-corrected chi connectivity index (χ4v) is 2.91. The van der Waals surface area contributed by atoms with Gasteiger partial charge in [0.15, 0.2) is 6.61 Å². The van der Waals surface area contributed by atoms with E-state index in [0.29, 0.717) is 10.7 Å². The van der Waals surface area contributed by atoms with E-state index < -0.39 is 17.8 Å². The Morgan fingerprint density at radius 3 is 1.89 bits per heavy atom. The van der Waals surface area contributed by atoms with E-state index in [1.807, 2.05) is 60.7 Å². The second-order valence-corrected chi connectivity index (χ2v) is 6.30. The number of amides is 1. The van der Waals surface area contributed by atoms with Gasteiger partial charge in [0.2, 0.25) is 0 Å². The number of hydrogen-bond donors (Lipinski definition) is 1. The van der Waals surface area contributed by atoms with Gasteiger partial charge in [-0.2, -0.15) is 0 Å². The van der Waals surface area contributed by atoms with Crippen molar-refractivity contribution < 1.29 is 14.3 Å². The Balaban J connectivity index is 1.70. The number of ether oxygens (including phenoxy) is 1. The molecule has 0 aromatic heterocycles. The predicted octanol–water partition coefficient (Wildman–Crippen LogP) is 4.65. The molecule has 1 amide bonds. The number of halogens is 1. The minimum atomic E-state index is -0.597. The normalized spacial score (nSPS) is 10.4. The summed E-state index contributed by atoms with van der Waals surface area (Å²) < 4.78 is 5.29. The molecule has 0 aliphatic carbocycles. The van der Waals surface area contributed by atoms with Crippen LogP contribution >= 0.6 is 11.6 Å². The summed E-state index contributed by atoms with van der Waals surface area (Å²) in [6.45, 7) is -0.389. The van der Waals surface area contributed by atoms with Crippen LogP contribution in [0.5, 0.6) is 0 Å². The van der Waals surface area contributed by atoms with Gasteiger partial charge in [0.25, 0.3) is 5.91 Å². The molecule has 27 heavy (non-hydrogen) atoms. The van der Waals surface area contributed by atoms with Crippen molar-refractivity contribution in [1.29, 1.82) is 0 Å². The molecule has 3 rings (SSSR count). The van der Waals surface area contributed by atoms with Crippen LogP contribution in [0.3, 0.4) is 0 Å². The van der Waals surface area contributed by atoms with E-state index in [2.05, 4.69) is 5.32 Å². The Bertz CT molecular complexity index is 874. The van der Waals surface area contributed by atoms with Crippen molar-refractivity contribution >= 4 is 29.2 Å². The molecular formula is C22H18ClNO3. The summed E-state index contributed by atoms with van der Waals surface area (Å²) in [4.78, 5) is 24.9. The first-order valence-corrected chi connectivity index (χ1v) is 8.84. The third-order valence-corrected chi connectivity index (χ3v) is 4.32. The molecule has 0 unspecified atom stereocenters. The Hall–Kier alpha value is -3.11. The zero-order chi connectivity index (χ0) is 19.1. The Morgan fingerprint density at radius 1 is 0.815 bits per heavy atom. The maximum absolute atomic E-state index is 12.7. The van der Waals surface area contributed by atoms with Crippen molar-refractivity contribution in [3.05, 3.63) is 101 Å².